The number of amides is 1. The van der Waals surface area contributed by atoms with Gasteiger partial charge < -0.3 is 10.1 Å². The summed E-state index contributed by atoms with van der Waals surface area (Å²) in [5.74, 6) is 0.129. The normalized spacial score (nSPS) is 12.5. The van der Waals surface area contributed by atoms with Crippen molar-refractivity contribution < 1.29 is 17.9 Å². The number of benzene rings is 2. The monoisotopic (exact) mass is 463 g/mol. The molecule has 2 aromatic carbocycles. The Morgan fingerprint density at radius 3 is 2.45 bits per heavy atom. The Balaban J connectivity index is 1.86. The molecule has 0 aliphatic heterocycles. The van der Waals surface area contributed by atoms with Gasteiger partial charge in [0.1, 0.15) is 11.8 Å². The van der Waals surface area contributed by atoms with Crippen LogP contribution in [0.1, 0.15) is 20.8 Å². The zero-order valence-corrected chi connectivity index (χ0v) is 19.4. The van der Waals surface area contributed by atoms with Crippen LogP contribution in [0.4, 0.5) is 11.4 Å². The highest BCUT2D eigenvalue weighted by Gasteiger charge is 2.29. The number of aromatic nitrogens is 1. The number of thiazole rings is 1. The first kappa shape index (κ1) is 22.8. The van der Waals surface area contributed by atoms with Crippen LogP contribution in [-0.2, 0) is 21.4 Å². The molecule has 1 N–H and O–H groups in total. The summed E-state index contributed by atoms with van der Waals surface area (Å²) in [7, 11) is -3.73. The van der Waals surface area contributed by atoms with Gasteiger partial charge in [0.15, 0.2) is 0 Å². The Bertz CT molecular complexity index is 1250. The molecule has 166 valence electrons. The molecule has 1 amide bonds. The van der Waals surface area contributed by atoms with Crippen molar-refractivity contribution >= 4 is 48.9 Å². The molecule has 0 spiro atoms. The lowest BCUT2D eigenvalue weighted by Gasteiger charge is -2.28. The Morgan fingerprint density at radius 1 is 1.19 bits per heavy atom. The van der Waals surface area contributed by atoms with Crippen LogP contribution in [0.3, 0.4) is 0 Å². The first-order valence-corrected chi connectivity index (χ1v) is 12.5. The van der Waals surface area contributed by atoms with E-state index in [2.05, 4.69) is 5.32 Å². The molecule has 10 heteroatoms. The lowest BCUT2D eigenvalue weighted by atomic mass is 10.2. The second-order valence-corrected chi connectivity index (χ2v) is 9.80. The van der Waals surface area contributed by atoms with Gasteiger partial charge in [-0.15, -0.1) is 0 Å². The number of ether oxygens (including phenoxy) is 1. The van der Waals surface area contributed by atoms with E-state index >= 15 is 0 Å². The van der Waals surface area contributed by atoms with Gasteiger partial charge in [-0.25, -0.2) is 8.42 Å². The number of fused-ring (bicyclic) bond motifs is 1. The maximum Gasteiger partial charge on any atom is 0.308 e. The van der Waals surface area contributed by atoms with Gasteiger partial charge in [-0.2, -0.15) is 0 Å². The quantitative estimate of drug-likeness (QED) is 0.553. The molecule has 0 aliphatic carbocycles. The fraction of sp³-hybridized carbons (Fsp3) is 0.333. The Labute approximate surface area is 185 Å². The molecule has 1 heterocycles. The van der Waals surface area contributed by atoms with Crippen molar-refractivity contribution in [2.75, 3.05) is 22.5 Å². The maximum absolute atomic E-state index is 12.9. The molecule has 1 atom stereocenters. The summed E-state index contributed by atoms with van der Waals surface area (Å²) < 4.78 is 33.8. The van der Waals surface area contributed by atoms with E-state index in [1.54, 1.807) is 47.0 Å². The van der Waals surface area contributed by atoms with Crippen LogP contribution >= 0.6 is 11.3 Å². The fourth-order valence-corrected chi connectivity index (χ4v) is 5.52. The zero-order chi connectivity index (χ0) is 22.8. The highest BCUT2D eigenvalue weighted by Crippen LogP contribution is 2.26. The summed E-state index contributed by atoms with van der Waals surface area (Å²) in [4.78, 5) is 24.9. The summed E-state index contributed by atoms with van der Waals surface area (Å²) in [6, 6.07) is 10.7. The van der Waals surface area contributed by atoms with Gasteiger partial charge in [0.05, 0.1) is 28.8 Å². The minimum atomic E-state index is -3.73. The molecule has 8 nitrogen and oxygen atoms in total. The van der Waals surface area contributed by atoms with Crippen LogP contribution in [0.2, 0.25) is 0 Å². The average Bonchev–Trinajstić information content (AvgIpc) is 3.02. The molecule has 1 aromatic heterocycles. The number of hydrogen-bond donors (Lipinski definition) is 1. The maximum atomic E-state index is 12.9. The number of aryl methyl sites for hydroxylation is 1. The van der Waals surface area contributed by atoms with Crippen molar-refractivity contribution in [3.05, 3.63) is 52.1 Å². The molecule has 0 bridgehead atoms. The molecule has 31 heavy (non-hydrogen) atoms. The molecular formula is C21H25N3O5S2. The van der Waals surface area contributed by atoms with Gasteiger partial charge in [-0.3, -0.25) is 18.5 Å². The lowest BCUT2D eigenvalue weighted by Crippen LogP contribution is -2.45. The number of carbonyl (C=O) groups excluding carboxylic acids is 1. The number of anilines is 2. The number of sulfonamides is 1. The Morgan fingerprint density at radius 2 is 1.87 bits per heavy atom. The van der Waals surface area contributed by atoms with E-state index in [1.807, 2.05) is 13.8 Å². The van der Waals surface area contributed by atoms with Crippen molar-refractivity contribution in [2.24, 2.45) is 0 Å². The fourth-order valence-electron chi connectivity index (χ4n) is 3.36. The van der Waals surface area contributed by atoms with Crippen molar-refractivity contribution in [2.45, 2.75) is 33.4 Å². The highest BCUT2D eigenvalue weighted by molar-refractivity contribution is 7.92. The van der Waals surface area contributed by atoms with Crippen molar-refractivity contribution in [3.63, 3.8) is 0 Å². The van der Waals surface area contributed by atoms with Crippen molar-refractivity contribution in [1.29, 1.82) is 0 Å². The van der Waals surface area contributed by atoms with Gasteiger partial charge in [0.25, 0.3) is 0 Å². The van der Waals surface area contributed by atoms with Crippen LogP contribution in [0, 0.1) is 0 Å². The molecule has 0 saturated heterocycles. The summed E-state index contributed by atoms with van der Waals surface area (Å²) in [5, 5.41) is 2.76. The standard InChI is InChI=1S/C21H25N3O5S2/c1-5-23-18-12-7-15(13-19(18)30-21(23)26)22-20(25)14(3)24(31(4,27)28)16-8-10-17(11-9-16)29-6-2/h7-14H,5-6H2,1-4H3,(H,22,25)/t14-/m0/s1. The predicted octanol–water partition coefficient (Wildman–Crippen LogP) is 3.27. The first-order valence-electron chi connectivity index (χ1n) is 9.82. The summed E-state index contributed by atoms with van der Waals surface area (Å²) in [5.41, 5.74) is 1.66. The molecule has 0 fully saturated rings. The molecule has 3 rings (SSSR count). The average molecular weight is 464 g/mol. The van der Waals surface area contributed by atoms with Gasteiger partial charge >= 0.3 is 4.87 Å². The number of rotatable bonds is 8. The minimum Gasteiger partial charge on any atom is -0.494 e. The zero-order valence-electron chi connectivity index (χ0n) is 17.8. The first-order chi connectivity index (χ1) is 14.7. The lowest BCUT2D eigenvalue weighted by molar-refractivity contribution is -0.116. The van der Waals surface area contributed by atoms with Crippen molar-refractivity contribution in [3.8, 4) is 5.75 Å². The van der Waals surface area contributed by atoms with E-state index in [9.17, 15) is 18.0 Å². The molecule has 0 radical (unpaired) electrons. The molecule has 0 aliphatic rings. The minimum absolute atomic E-state index is 0.0619. The Hall–Kier alpha value is -2.85. The van der Waals surface area contributed by atoms with Gasteiger partial charge in [0, 0.05) is 12.2 Å². The van der Waals surface area contributed by atoms with E-state index in [0.29, 0.717) is 30.3 Å². The van der Waals surface area contributed by atoms with E-state index < -0.39 is 22.0 Å². The third-order valence-electron chi connectivity index (χ3n) is 4.74. The van der Waals surface area contributed by atoms with Gasteiger partial charge in [0.2, 0.25) is 15.9 Å². The SMILES string of the molecule is CCOc1ccc(N([C@@H](C)C(=O)Nc2ccc3c(c2)sc(=O)n3CC)S(C)(=O)=O)cc1. The van der Waals surface area contributed by atoms with Crippen LogP contribution in [0.15, 0.2) is 47.3 Å². The third-order valence-corrected chi connectivity index (χ3v) is 6.93. The number of nitrogens with one attached hydrogen (secondary N) is 1. The largest absolute Gasteiger partial charge is 0.494 e. The number of hydrogen-bond acceptors (Lipinski definition) is 6. The van der Waals surface area contributed by atoms with E-state index in [4.69, 9.17) is 4.74 Å². The van der Waals surface area contributed by atoms with Crippen molar-refractivity contribution in [1.82, 2.24) is 4.57 Å². The Kier molecular flexibility index (Phi) is 6.71. The third kappa shape index (κ3) is 4.91. The number of nitrogens with zero attached hydrogens (tertiary/aromatic N) is 2. The number of carbonyl (C=O) groups is 1. The van der Waals surface area contributed by atoms with Crippen LogP contribution in [0.5, 0.6) is 5.75 Å². The van der Waals surface area contributed by atoms with E-state index in [0.717, 1.165) is 32.1 Å². The summed E-state index contributed by atoms with van der Waals surface area (Å²) in [6.07, 6.45) is 1.06. The molecule has 0 saturated carbocycles. The van der Waals surface area contributed by atoms with E-state index in [-0.39, 0.29) is 4.87 Å². The molecule has 0 unspecified atom stereocenters. The van der Waals surface area contributed by atoms with E-state index in [1.165, 1.54) is 6.92 Å². The summed E-state index contributed by atoms with van der Waals surface area (Å²) >= 11 is 1.10. The summed E-state index contributed by atoms with van der Waals surface area (Å²) in [6.45, 7) is 6.33. The van der Waals surface area contributed by atoms with Crippen LogP contribution < -0.4 is 19.2 Å². The van der Waals surface area contributed by atoms with Crippen LogP contribution in [0.25, 0.3) is 10.2 Å². The molecular weight excluding hydrogens is 438 g/mol. The molecule has 3 aromatic rings. The predicted molar refractivity (Wildman–Crippen MR) is 125 cm³/mol. The second-order valence-electron chi connectivity index (χ2n) is 6.95. The highest BCUT2D eigenvalue weighted by atomic mass is 32.2. The topological polar surface area (TPSA) is 97.7 Å². The van der Waals surface area contributed by atoms with Gasteiger partial charge in [-0.1, -0.05) is 11.3 Å². The van der Waals surface area contributed by atoms with Gasteiger partial charge in [-0.05, 0) is 63.2 Å². The van der Waals surface area contributed by atoms with Crippen LogP contribution in [-0.4, -0.2) is 37.8 Å². The second kappa shape index (κ2) is 9.11. The smallest absolute Gasteiger partial charge is 0.308 e.